The van der Waals surface area contributed by atoms with E-state index in [1.54, 1.807) is 0 Å². The summed E-state index contributed by atoms with van der Waals surface area (Å²) in [6, 6.07) is 0. The molecule has 0 saturated carbocycles. The van der Waals surface area contributed by atoms with Crippen molar-refractivity contribution < 1.29 is 23.8 Å². The molecule has 5 heteroatoms. The van der Waals surface area contributed by atoms with Gasteiger partial charge in [-0.15, -0.1) is 0 Å². The monoisotopic (exact) mass is 913 g/mol. The van der Waals surface area contributed by atoms with Crippen LogP contribution in [0.1, 0.15) is 226 Å². The number of unbranched alkanes of at least 4 members (excludes halogenated alkanes) is 17. The van der Waals surface area contributed by atoms with Gasteiger partial charge in [0.15, 0.2) is 6.10 Å². The fourth-order valence-corrected chi connectivity index (χ4v) is 7.02. The molecular weight excluding hydrogens is 813 g/mol. The molecule has 0 aliphatic carbocycles. The number of ether oxygens (including phenoxy) is 3. The van der Waals surface area contributed by atoms with Gasteiger partial charge in [0.2, 0.25) is 0 Å². The highest BCUT2D eigenvalue weighted by Crippen LogP contribution is 2.13. The molecule has 0 aliphatic rings. The molecule has 374 valence electrons. The third-order valence-electron chi connectivity index (χ3n) is 11.0. The van der Waals surface area contributed by atoms with Crippen molar-refractivity contribution in [1.29, 1.82) is 0 Å². The van der Waals surface area contributed by atoms with Gasteiger partial charge in [0, 0.05) is 19.4 Å². The quantitative estimate of drug-likeness (QED) is 0.0346. The molecule has 0 aliphatic heterocycles. The Morgan fingerprint density at radius 2 is 0.712 bits per heavy atom. The number of hydrogen-bond acceptors (Lipinski definition) is 5. The van der Waals surface area contributed by atoms with Gasteiger partial charge in [-0.3, -0.25) is 9.59 Å². The van der Waals surface area contributed by atoms with Crippen LogP contribution in [0.3, 0.4) is 0 Å². The molecule has 1 unspecified atom stereocenters. The maximum atomic E-state index is 12.8. The van der Waals surface area contributed by atoms with Crippen molar-refractivity contribution in [2.45, 2.75) is 232 Å². The van der Waals surface area contributed by atoms with Gasteiger partial charge in [-0.05, 0) is 109 Å². The number of carbonyl (C=O) groups excluding carboxylic acids is 2. The fraction of sp³-hybridized carbons (Fsp3) is 0.639. The van der Waals surface area contributed by atoms with E-state index >= 15 is 0 Å². The Morgan fingerprint density at radius 1 is 0.348 bits per heavy atom. The summed E-state index contributed by atoms with van der Waals surface area (Å²) in [5.74, 6) is -0.564. The van der Waals surface area contributed by atoms with Crippen LogP contribution in [-0.4, -0.2) is 37.9 Å². The van der Waals surface area contributed by atoms with E-state index in [0.717, 1.165) is 83.5 Å². The summed E-state index contributed by atoms with van der Waals surface area (Å²) < 4.78 is 17.3. The van der Waals surface area contributed by atoms with E-state index in [0.29, 0.717) is 19.4 Å². The van der Waals surface area contributed by atoms with Crippen molar-refractivity contribution in [3.8, 4) is 0 Å². The van der Waals surface area contributed by atoms with Crippen LogP contribution < -0.4 is 0 Å². The van der Waals surface area contributed by atoms with Gasteiger partial charge < -0.3 is 14.2 Å². The summed E-state index contributed by atoms with van der Waals surface area (Å²) in [4.78, 5) is 25.4. The smallest absolute Gasteiger partial charge is 0.306 e. The predicted octanol–water partition coefficient (Wildman–Crippen LogP) is 18.6. The van der Waals surface area contributed by atoms with Crippen LogP contribution in [0.25, 0.3) is 0 Å². The molecule has 1 atom stereocenters. The lowest BCUT2D eigenvalue weighted by Crippen LogP contribution is -2.30. The van der Waals surface area contributed by atoms with Crippen molar-refractivity contribution in [3.63, 3.8) is 0 Å². The Labute approximate surface area is 407 Å². The van der Waals surface area contributed by atoms with E-state index in [2.05, 4.69) is 136 Å². The molecule has 5 nitrogen and oxygen atoms in total. The zero-order chi connectivity index (χ0) is 47.7. The molecule has 0 N–H and O–H groups in total. The van der Waals surface area contributed by atoms with Crippen molar-refractivity contribution in [2.75, 3.05) is 19.8 Å². The summed E-state index contributed by atoms with van der Waals surface area (Å²) in [6.45, 7) is 7.45. The summed E-state index contributed by atoms with van der Waals surface area (Å²) >= 11 is 0. The SMILES string of the molecule is CC/C=C\C/C=C\C/C=C\C/C=C\C/C=C\CCCC(=O)OCC(COCCCCCCCCCCCC/C=C\CCCCCCCC)OC(=O)CC/C=C\C/C=C\C/C=C\C/C=C\CC. The second kappa shape index (κ2) is 55.6. The van der Waals surface area contributed by atoms with Gasteiger partial charge in [0.25, 0.3) is 0 Å². The van der Waals surface area contributed by atoms with Crippen LogP contribution in [-0.2, 0) is 23.8 Å². The van der Waals surface area contributed by atoms with Gasteiger partial charge in [-0.25, -0.2) is 0 Å². The minimum atomic E-state index is -0.606. The van der Waals surface area contributed by atoms with Gasteiger partial charge in [0.05, 0.1) is 6.61 Å². The second-order valence-electron chi connectivity index (χ2n) is 17.4. The normalized spacial score (nSPS) is 13.2. The number of hydrogen-bond donors (Lipinski definition) is 0. The molecule has 0 radical (unpaired) electrons. The average Bonchev–Trinajstić information content (AvgIpc) is 3.32. The molecule has 0 spiro atoms. The first-order chi connectivity index (χ1) is 32.6. The van der Waals surface area contributed by atoms with Gasteiger partial charge in [-0.2, -0.15) is 0 Å². The van der Waals surface area contributed by atoms with Crippen molar-refractivity contribution in [2.24, 2.45) is 0 Å². The predicted molar refractivity (Wildman–Crippen MR) is 288 cm³/mol. The Hall–Kier alpha value is -3.70. The number of allylic oxidation sites excluding steroid dienone is 20. The molecule has 0 saturated heterocycles. The summed E-state index contributed by atoms with van der Waals surface area (Å²) in [5, 5.41) is 0. The van der Waals surface area contributed by atoms with Crippen LogP contribution in [0.15, 0.2) is 122 Å². The van der Waals surface area contributed by atoms with Crippen molar-refractivity contribution in [3.05, 3.63) is 122 Å². The van der Waals surface area contributed by atoms with Gasteiger partial charge >= 0.3 is 11.9 Å². The van der Waals surface area contributed by atoms with Crippen LogP contribution in [0.4, 0.5) is 0 Å². The number of esters is 2. The topological polar surface area (TPSA) is 61.8 Å². The summed E-state index contributed by atoms with van der Waals surface area (Å²) in [6.07, 6.45) is 78.1. The van der Waals surface area contributed by atoms with E-state index in [4.69, 9.17) is 14.2 Å². The molecule has 66 heavy (non-hydrogen) atoms. The van der Waals surface area contributed by atoms with Crippen molar-refractivity contribution in [1.82, 2.24) is 0 Å². The van der Waals surface area contributed by atoms with Crippen LogP contribution in [0.5, 0.6) is 0 Å². The van der Waals surface area contributed by atoms with E-state index in [9.17, 15) is 9.59 Å². The molecular formula is C61H100O5. The molecule has 0 heterocycles. The molecule has 0 bridgehead atoms. The number of rotatable bonds is 48. The lowest BCUT2D eigenvalue weighted by Gasteiger charge is -2.18. The number of carbonyl (C=O) groups is 2. The molecule has 0 amide bonds. The lowest BCUT2D eigenvalue weighted by molar-refractivity contribution is -0.162. The summed E-state index contributed by atoms with van der Waals surface area (Å²) in [5.41, 5.74) is 0. The average molecular weight is 913 g/mol. The summed E-state index contributed by atoms with van der Waals surface area (Å²) in [7, 11) is 0. The fourth-order valence-electron chi connectivity index (χ4n) is 7.02. The van der Waals surface area contributed by atoms with Gasteiger partial charge in [-0.1, -0.05) is 226 Å². The zero-order valence-electron chi connectivity index (χ0n) is 42.9. The largest absolute Gasteiger partial charge is 0.462 e. The first kappa shape index (κ1) is 62.3. The standard InChI is InChI=1S/C61H100O5/c1-4-7-10-13-16-19-22-25-27-29-30-31-33-35-38-41-44-47-50-53-56-64-57-59(66-61(63)55-52-49-46-43-40-36-24-21-18-15-12-9-6-3)58-65-60(62)54-51-48-45-42-39-37-34-32-28-26-23-20-17-14-11-8-5-2/h8-9,11-12,17-18,20-21,25-28,34,36-37,40,42,45-46,49,59H,4-7,10,13-16,19,22-24,29-33,35,38-39,41,43-44,47-48,50-58H2,1-3H3/b11-8-,12-9-,20-17-,21-18-,27-25-,28-26-,37-34-,40-36-,45-42-,49-46-. The first-order valence-electron chi connectivity index (χ1n) is 27.1. The highest BCUT2D eigenvalue weighted by atomic mass is 16.6. The van der Waals surface area contributed by atoms with Crippen LogP contribution in [0, 0.1) is 0 Å². The Balaban J connectivity index is 4.41. The van der Waals surface area contributed by atoms with E-state index in [-0.39, 0.29) is 31.6 Å². The third kappa shape index (κ3) is 52.9. The Kier molecular flexibility index (Phi) is 52.5. The van der Waals surface area contributed by atoms with E-state index in [1.807, 2.05) is 6.08 Å². The zero-order valence-corrected chi connectivity index (χ0v) is 42.9. The Bertz CT molecular complexity index is 1350. The molecule has 0 aromatic carbocycles. The van der Waals surface area contributed by atoms with E-state index in [1.165, 1.54) is 103 Å². The second-order valence-corrected chi connectivity index (χ2v) is 17.4. The molecule has 0 aromatic heterocycles. The van der Waals surface area contributed by atoms with Crippen LogP contribution >= 0.6 is 0 Å². The lowest BCUT2D eigenvalue weighted by atomic mass is 10.1. The van der Waals surface area contributed by atoms with Crippen LogP contribution in [0.2, 0.25) is 0 Å². The molecule has 0 fully saturated rings. The third-order valence-corrected chi connectivity index (χ3v) is 11.0. The first-order valence-corrected chi connectivity index (χ1v) is 27.1. The highest BCUT2D eigenvalue weighted by Gasteiger charge is 2.17. The van der Waals surface area contributed by atoms with Gasteiger partial charge in [0.1, 0.15) is 6.61 Å². The molecule has 0 rings (SSSR count). The minimum Gasteiger partial charge on any atom is -0.462 e. The molecule has 0 aromatic rings. The highest BCUT2D eigenvalue weighted by molar-refractivity contribution is 5.70. The maximum Gasteiger partial charge on any atom is 0.306 e. The Morgan fingerprint density at radius 3 is 1.17 bits per heavy atom. The maximum absolute atomic E-state index is 12.8. The van der Waals surface area contributed by atoms with E-state index < -0.39 is 6.10 Å². The van der Waals surface area contributed by atoms with Crippen molar-refractivity contribution >= 4 is 11.9 Å². The minimum absolute atomic E-state index is 0.0200.